The molecular formula is C15H14FNO6. The molecule has 1 N–H and O–H groups in total. The van der Waals surface area contributed by atoms with Gasteiger partial charge in [-0.3, -0.25) is 10.1 Å². The van der Waals surface area contributed by atoms with Crippen molar-refractivity contribution < 1.29 is 32.7 Å². The summed E-state index contributed by atoms with van der Waals surface area (Å²) in [6, 6.07) is 3.83. The Labute approximate surface area is 130 Å². The molecule has 0 aliphatic rings. The molecule has 23 heavy (non-hydrogen) atoms. The molecule has 0 unspecified atom stereocenters. The number of carbonyl (C=O) groups excluding carboxylic acids is 3. The number of aryl methyl sites for hydroxylation is 1. The number of ether oxygens (including phenoxy) is 2. The van der Waals surface area contributed by atoms with Gasteiger partial charge in [0.1, 0.15) is 11.4 Å². The van der Waals surface area contributed by atoms with Crippen molar-refractivity contribution in [1.29, 1.82) is 0 Å². The van der Waals surface area contributed by atoms with E-state index in [9.17, 15) is 18.8 Å². The van der Waals surface area contributed by atoms with Gasteiger partial charge in [0.2, 0.25) is 5.76 Å². The minimum atomic E-state index is -1.24. The predicted molar refractivity (Wildman–Crippen MR) is 76.3 cm³/mol. The van der Waals surface area contributed by atoms with Crippen LogP contribution >= 0.6 is 0 Å². The van der Waals surface area contributed by atoms with E-state index in [1.165, 1.54) is 25.1 Å². The van der Waals surface area contributed by atoms with Crippen LogP contribution < -0.4 is 5.32 Å². The second-order valence-corrected chi connectivity index (χ2v) is 4.73. The molecule has 2 amide bonds. The van der Waals surface area contributed by atoms with E-state index in [2.05, 4.69) is 4.74 Å². The number of imide groups is 1. The zero-order valence-electron chi connectivity index (χ0n) is 12.6. The average molecular weight is 323 g/mol. The summed E-state index contributed by atoms with van der Waals surface area (Å²) in [5, 5.41) is 2.31. The number of nitrogens with one attached hydrogen (secondary N) is 1. The number of rotatable bonds is 3. The summed E-state index contributed by atoms with van der Waals surface area (Å²) < 4.78 is 27.8. The van der Waals surface area contributed by atoms with Gasteiger partial charge in [-0.1, -0.05) is 0 Å². The maximum atomic E-state index is 13.2. The van der Waals surface area contributed by atoms with Crippen molar-refractivity contribution in [3.63, 3.8) is 0 Å². The first-order valence-corrected chi connectivity index (χ1v) is 6.62. The van der Waals surface area contributed by atoms with E-state index in [0.29, 0.717) is 16.5 Å². The number of methoxy groups -OCH3 is 1. The fraction of sp³-hybridized carbons (Fsp3) is 0.267. The highest BCUT2D eigenvalue weighted by Gasteiger charge is 2.25. The Kier molecular flexibility index (Phi) is 4.63. The summed E-state index contributed by atoms with van der Waals surface area (Å²) in [6.45, 7) is 2.86. The molecule has 7 nitrogen and oxygen atoms in total. The molecular weight excluding hydrogens is 309 g/mol. The highest BCUT2D eigenvalue weighted by Crippen LogP contribution is 2.26. The molecule has 0 aliphatic carbocycles. The van der Waals surface area contributed by atoms with Crippen LogP contribution in [0.3, 0.4) is 0 Å². The van der Waals surface area contributed by atoms with Crippen LogP contribution in [0.25, 0.3) is 11.0 Å². The first-order valence-electron chi connectivity index (χ1n) is 6.62. The summed E-state index contributed by atoms with van der Waals surface area (Å²) in [4.78, 5) is 34.6. The fourth-order valence-electron chi connectivity index (χ4n) is 1.91. The Balaban J connectivity index is 2.16. The lowest BCUT2D eigenvalue weighted by Gasteiger charge is -2.11. The van der Waals surface area contributed by atoms with Gasteiger partial charge in [-0.2, -0.15) is 0 Å². The number of alkyl carbamates (subject to hydrolysis) is 1. The van der Waals surface area contributed by atoms with E-state index in [1.807, 2.05) is 5.32 Å². The molecule has 2 rings (SSSR count). The van der Waals surface area contributed by atoms with Crippen LogP contribution in [0.1, 0.15) is 23.0 Å². The summed E-state index contributed by atoms with van der Waals surface area (Å²) >= 11 is 0. The molecule has 0 saturated heterocycles. The van der Waals surface area contributed by atoms with Gasteiger partial charge in [-0.05, 0) is 32.0 Å². The predicted octanol–water partition coefficient (Wildman–Crippen LogP) is 2.31. The van der Waals surface area contributed by atoms with Crippen LogP contribution in [0.4, 0.5) is 9.18 Å². The van der Waals surface area contributed by atoms with E-state index >= 15 is 0 Å². The molecule has 0 aliphatic heterocycles. The summed E-state index contributed by atoms with van der Waals surface area (Å²) in [5.74, 6) is -2.34. The SMILES string of the molecule is COC(=O)NC(=O)[C@@H](C)OC(=O)c1oc2ccc(F)cc2c1C. The minimum Gasteiger partial charge on any atom is -0.453 e. The molecule has 0 bridgehead atoms. The maximum Gasteiger partial charge on any atom is 0.413 e. The molecule has 1 atom stereocenters. The number of esters is 1. The normalized spacial score (nSPS) is 11.8. The van der Waals surface area contributed by atoms with Gasteiger partial charge in [-0.25, -0.2) is 14.0 Å². The Bertz CT molecular complexity index is 782. The van der Waals surface area contributed by atoms with Crippen molar-refractivity contribution >= 4 is 28.9 Å². The van der Waals surface area contributed by atoms with Gasteiger partial charge in [0.25, 0.3) is 5.91 Å². The second-order valence-electron chi connectivity index (χ2n) is 4.73. The van der Waals surface area contributed by atoms with Crippen molar-refractivity contribution in [2.24, 2.45) is 0 Å². The van der Waals surface area contributed by atoms with Crippen LogP contribution in [0.15, 0.2) is 22.6 Å². The van der Waals surface area contributed by atoms with E-state index in [0.717, 1.165) is 7.11 Å². The van der Waals surface area contributed by atoms with E-state index in [1.54, 1.807) is 6.92 Å². The van der Waals surface area contributed by atoms with Crippen molar-refractivity contribution in [1.82, 2.24) is 5.32 Å². The van der Waals surface area contributed by atoms with Crippen molar-refractivity contribution in [3.05, 3.63) is 35.3 Å². The zero-order chi connectivity index (χ0) is 17.1. The molecule has 0 saturated carbocycles. The third kappa shape index (κ3) is 3.47. The Morgan fingerprint density at radius 1 is 1.30 bits per heavy atom. The van der Waals surface area contributed by atoms with Crippen molar-refractivity contribution in [2.75, 3.05) is 7.11 Å². The first-order chi connectivity index (χ1) is 10.8. The Morgan fingerprint density at radius 2 is 2.00 bits per heavy atom. The number of carbonyl (C=O) groups is 3. The summed E-state index contributed by atoms with van der Waals surface area (Å²) in [7, 11) is 1.09. The minimum absolute atomic E-state index is 0.136. The van der Waals surface area contributed by atoms with Gasteiger partial charge in [0, 0.05) is 10.9 Å². The van der Waals surface area contributed by atoms with Gasteiger partial charge in [0.05, 0.1) is 7.11 Å². The van der Waals surface area contributed by atoms with Crippen molar-refractivity contribution in [2.45, 2.75) is 20.0 Å². The van der Waals surface area contributed by atoms with Gasteiger partial charge in [0.15, 0.2) is 6.10 Å². The van der Waals surface area contributed by atoms with Crippen molar-refractivity contribution in [3.8, 4) is 0 Å². The smallest absolute Gasteiger partial charge is 0.413 e. The number of hydrogen-bond acceptors (Lipinski definition) is 6. The zero-order valence-corrected chi connectivity index (χ0v) is 12.6. The number of furan rings is 1. The third-order valence-corrected chi connectivity index (χ3v) is 3.15. The number of halogens is 1. The van der Waals surface area contributed by atoms with Crippen LogP contribution in [0, 0.1) is 12.7 Å². The number of amides is 2. The van der Waals surface area contributed by atoms with E-state index < -0.39 is 29.9 Å². The summed E-state index contributed by atoms with van der Waals surface area (Å²) in [6.07, 6.45) is -2.21. The molecule has 0 spiro atoms. The first kappa shape index (κ1) is 16.5. The van der Waals surface area contributed by atoms with Gasteiger partial charge in [-0.15, -0.1) is 0 Å². The van der Waals surface area contributed by atoms with Crippen LogP contribution in [-0.2, 0) is 14.3 Å². The summed E-state index contributed by atoms with van der Waals surface area (Å²) in [5.41, 5.74) is 0.715. The van der Waals surface area contributed by atoms with Crippen LogP contribution in [0.5, 0.6) is 0 Å². The molecule has 1 aromatic carbocycles. The highest BCUT2D eigenvalue weighted by atomic mass is 19.1. The molecule has 0 fully saturated rings. The van der Waals surface area contributed by atoms with Crippen LogP contribution in [0.2, 0.25) is 0 Å². The second kappa shape index (κ2) is 6.47. The molecule has 1 heterocycles. The van der Waals surface area contributed by atoms with Crippen LogP contribution in [-0.4, -0.2) is 31.2 Å². The fourth-order valence-corrected chi connectivity index (χ4v) is 1.91. The molecule has 122 valence electrons. The third-order valence-electron chi connectivity index (χ3n) is 3.15. The molecule has 2 aromatic rings. The van der Waals surface area contributed by atoms with E-state index in [-0.39, 0.29) is 5.76 Å². The lowest BCUT2D eigenvalue weighted by molar-refractivity contribution is -0.128. The molecule has 8 heteroatoms. The lowest BCUT2D eigenvalue weighted by Crippen LogP contribution is -2.39. The van der Waals surface area contributed by atoms with Gasteiger partial charge < -0.3 is 13.9 Å². The van der Waals surface area contributed by atoms with Gasteiger partial charge >= 0.3 is 12.1 Å². The van der Waals surface area contributed by atoms with E-state index in [4.69, 9.17) is 9.15 Å². The standard InChI is InChI=1S/C15H14FNO6/c1-7-10-6-9(16)4-5-11(10)23-12(7)14(19)22-8(2)13(18)17-15(20)21-3/h4-6,8H,1-3H3,(H,17,18,20)/t8-/m1/s1. The average Bonchev–Trinajstić information content (AvgIpc) is 2.83. The molecule has 0 radical (unpaired) electrons. The Morgan fingerprint density at radius 3 is 2.65 bits per heavy atom. The molecule has 1 aromatic heterocycles. The number of benzene rings is 1. The lowest BCUT2D eigenvalue weighted by atomic mass is 10.1. The largest absolute Gasteiger partial charge is 0.453 e. The monoisotopic (exact) mass is 323 g/mol. The topological polar surface area (TPSA) is 94.8 Å². The quantitative estimate of drug-likeness (QED) is 0.871. The Hall–Kier alpha value is -2.90. The highest BCUT2D eigenvalue weighted by molar-refractivity contribution is 5.99. The number of hydrogen-bond donors (Lipinski definition) is 1. The maximum absolute atomic E-state index is 13.2. The number of fused-ring (bicyclic) bond motifs is 1.